The Morgan fingerprint density at radius 2 is 2.04 bits per heavy atom. The first kappa shape index (κ1) is 17.4. The van der Waals surface area contributed by atoms with Gasteiger partial charge in [-0.1, -0.05) is 41.5 Å². The Bertz CT molecular complexity index is 602. The van der Waals surface area contributed by atoms with Crippen molar-refractivity contribution in [1.82, 2.24) is 10.6 Å². The van der Waals surface area contributed by atoms with Gasteiger partial charge in [0.1, 0.15) is 0 Å². The van der Waals surface area contributed by atoms with E-state index in [0.717, 1.165) is 18.5 Å². The first-order valence-electron chi connectivity index (χ1n) is 8.15. The molecule has 0 saturated heterocycles. The van der Waals surface area contributed by atoms with E-state index in [0.29, 0.717) is 5.11 Å². The number of nitrogens with one attached hydrogen (secondary N) is 2. The van der Waals surface area contributed by atoms with E-state index in [4.69, 9.17) is 12.2 Å². The number of benzene rings is 1. The number of allylic oxidation sites excluding steroid dienone is 1. The van der Waals surface area contributed by atoms with Crippen LogP contribution in [0.3, 0.4) is 0 Å². The fraction of sp³-hybridized carbons (Fsp3) is 0.368. The number of aryl methyl sites for hydroxylation is 1. The summed E-state index contributed by atoms with van der Waals surface area (Å²) < 4.78 is 0. The van der Waals surface area contributed by atoms with E-state index in [1.165, 1.54) is 42.9 Å². The smallest absolute Gasteiger partial charge is 0.250 e. The standard InChI is InChI=1S/C19H24N2OS/c1-15-7-9-17(10-8-15)11-12-18(22)21-19(23)20-14-13-16-5-3-2-4-6-16/h5,7-12H,2-4,6,13-14H2,1H3,(H2,20,21,22,23)/b12-11+. The zero-order chi connectivity index (χ0) is 16.5. The van der Waals surface area contributed by atoms with Crippen LogP contribution in [0, 0.1) is 6.92 Å². The number of rotatable bonds is 5. The lowest BCUT2D eigenvalue weighted by atomic mass is 9.97. The molecule has 2 N–H and O–H groups in total. The minimum Gasteiger partial charge on any atom is -0.362 e. The molecule has 0 radical (unpaired) electrons. The number of hydrogen-bond acceptors (Lipinski definition) is 2. The predicted octanol–water partition coefficient (Wildman–Crippen LogP) is 3.89. The second-order valence-electron chi connectivity index (χ2n) is 5.85. The summed E-state index contributed by atoms with van der Waals surface area (Å²) in [5.41, 5.74) is 3.69. The number of hydrogen-bond donors (Lipinski definition) is 2. The highest BCUT2D eigenvalue weighted by Gasteiger charge is 2.04. The monoisotopic (exact) mass is 328 g/mol. The van der Waals surface area contributed by atoms with Crippen molar-refractivity contribution < 1.29 is 4.79 Å². The van der Waals surface area contributed by atoms with Crippen LogP contribution in [-0.4, -0.2) is 17.6 Å². The Labute approximate surface area is 143 Å². The summed E-state index contributed by atoms with van der Waals surface area (Å²) in [7, 11) is 0. The largest absolute Gasteiger partial charge is 0.362 e. The fourth-order valence-electron chi connectivity index (χ4n) is 2.52. The first-order valence-corrected chi connectivity index (χ1v) is 8.56. The third-order valence-electron chi connectivity index (χ3n) is 3.86. The van der Waals surface area contributed by atoms with Crippen LogP contribution in [0.2, 0.25) is 0 Å². The van der Waals surface area contributed by atoms with Gasteiger partial charge in [0.05, 0.1) is 0 Å². The van der Waals surface area contributed by atoms with E-state index in [1.807, 2.05) is 31.2 Å². The maximum Gasteiger partial charge on any atom is 0.250 e. The quantitative estimate of drug-likeness (QED) is 0.489. The second-order valence-corrected chi connectivity index (χ2v) is 6.26. The van der Waals surface area contributed by atoms with Gasteiger partial charge >= 0.3 is 0 Å². The van der Waals surface area contributed by atoms with Crippen molar-refractivity contribution in [3.63, 3.8) is 0 Å². The molecule has 1 aromatic rings. The van der Waals surface area contributed by atoms with Crippen LogP contribution >= 0.6 is 12.2 Å². The minimum atomic E-state index is -0.208. The molecule has 1 aromatic carbocycles. The summed E-state index contributed by atoms with van der Waals surface area (Å²) in [5, 5.41) is 6.15. The van der Waals surface area contributed by atoms with E-state index in [2.05, 4.69) is 16.7 Å². The molecule has 122 valence electrons. The van der Waals surface area contributed by atoms with Crippen LogP contribution in [0.5, 0.6) is 0 Å². The molecule has 0 atom stereocenters. The molecular formula is C19H24N2OS. The fourth-order valence-corrected chi connectivity index (χ4v) is 2.72. The van der Waals surface area contributed by atoms with Crippen molar-refractivity contribution in [2.45, 2.75) is 39.0 Å². The second kappa shape index (κ2) is 9.26. The molecule has 0 bridgehead atoms. The molecule has 1 aliphatic carbocycles. The highest BCUT2D eigenvalue weighted by atomic mass is 32.1. The summed E-state index contributed by atoms with van der Waals surface area (Å²) in [6.45, 7) is 2.81. The highest BCUT2D eigenvalue weighted by molar-refractivity contribution is 7.80. The zero-order valence-corrected chi connectivity index (χ0v) is 14.4. The van der Waals surface area contributed by atoms with E-state index < -0.39 is 0 Å². The molecular weight excluding hydrogens is 304 g/mol. The molecule has 0 saturated carbocycles. The van der Waals surface area contributed by atoms with Crippen LogP contribution < -0.4 is 10.6 Å². The molecule has 4 heteroatoms. The van der Waals surface area contributed by atoms with E-state index >= 15 is 0 Å². The summed E-state index contributed by atoms with van der Waals surface area (Å²) in [6, 6.07) is 7.99. The molecule has 3 nitrogen and oxygen atoms in total. The molecule has 0 aliphatic heterocycles. The Kier molecular flexibility index (Phi) is 7.01. The molecule has 23 heavy (non-hydrogen) atoms. The Morgan fingerprint density at radius 1 is 1.26 bits per heavy atom. The van der Waals surface area contributed by atoms with Gasteiger partial charge in [0.25, 0.3) is 0 Å². The summed E-state index contributed by atoms with van der Waals surface area (Å²) in [6.07, 6.45) is 11.6. The zero-order valence-electron chi connectivity index (χ0n) is 13.6. The Hall–Kier alpha value is -1.94. The maximum atomic E-state index is 11.8. The third-order valence-corrected chi connectivity index (χ3v) is 4.10. The van der Waals surface area contributed by atoms with Crippen molar-refractivity contribution in [2.75, 3.05) is 6.54 Å². The summed E-state index contributed by atoms with van der Waals surface area (Å²) in [4.78, 5) is 11.8. The molecule has 0 spiro atoms. The van der Waals surface area contributed by atoms with E-state index in [9.17, 15) is 4.79 Å². The lowest BCUT2D eigenvalue weighted by molar-refractivity contribution is -0.115. The van der Waals surface area contributed by atoms with Crippen molar-refractivity contribution >= 4 is 29.3 Å². The lowest BCUT2D eigenvalue weighted by Gasteiger charge is -2.13. The van der Waals surface area contributed by atoms with Gasteiger partial charge in [-0.3, -0.25) is 10.1 Å². The molecule has 1 aliphatic rings. The van der Waals surface area contributed by atoms with Crippen LogP contribution in [0.1, 0.15) is 43.2 Å². The molecule has 0 fully saturated rings. The van der Waals surface area contributed by atoms with Gasteiger partial charge in [-0.05, 0) is 62.9 Å². The van der Waals surface area contributed by atoms with Crippen LogP contribution in [0.15, 0.2) is 42.0 Å². The minimum absolute atomic E-state index is 0.208. The van der Waals surface area contributed by atoms with Crippen molar-refractivity contribution in [2.24, 2.45) is 0 Å². The van der Waals surface area contributed by atoms with Crippen molar-refractivity contribution in [3.05, 3.63) is 53.1 Å². The average Bonchev–Trinajstić information content (AvgIpc) is 2.55. The highest BCUT2D eigenvalue weighted by Crippen LogP contribution is 2.19. The lowest BCUT2D eigenvalue weighted by Crippen LogP contribution is -2.38. The maximum absolute atomic E-state index is 11.8. The Morgan fingerprint density at radius 3 is 2.74 bits per heavy atom. The molecule has 0 heterocycles. The molecule has 0 aromatic heterocycles. The number of carbonyl (C=O) groups excluding carboxylic acids is 1. The normalized spacial score (nSPS) is 14.4. The molecule has 2 rings (SSSR count). The topological polar surface area (TPSA) is 41.1 Å². The first-order chi connectivity index (χ1) is 11.1. The van der Waals surface area contributed by atoms with Gasteiger partial charge in [-0.15, -0.1) is 0 Å². The SMILES string of the molecule is Cc1ccc(/C=C/C(=O)NC(=S)NCCC2=CCCCC2)cc1. The summed E-state index contributed by atoms with van der Waals surface area (Å²) in [5.74, 6) is -0.208. The number of carbonyl (C=O) groups is 1. The van der Waals surface area contributed by atoms with Gasteiger partial charge in [-0.25, -0.2) is 0 Å². The van der Waals surface area contributed by atoms with Gasteiger partial charge in [0, 0.05) is 12.6 Å². The van der Waals surface area contributed by atoms with Gasteiger partial charge < -0.3 is 5.32 Å². The van der Waals surface area contributed by atoms with Gasteiger partial charge in [0.2, 0.25) is 5.91 Å². The van der Waals surface area contributed by atoms with Crippen molar-refractivity contribution in [1.29, 1.82) is 0 Å². The number of thiocarbonyl (C=S) groups is 1. The molecule has 1 amide bonds. The summed E-state index contributed by atoms with van der Waals surface area (Å²) >= 11 is 5.15. The van der Waals surface area contributed by atoms with Crippen LogP contribution in [0.25, 0.3) is 6.08 Å². The van der Waals surface area contributed by atoms with Crippen molar-refractivity contribution in [3.8, 4) is 0 Å². The average molecular weight is 328 g/mol. The number of amides is 1. The Balaban J connectivity index is 1.68. The van der Waals surface area contributed by atoms with E-state index in [-0.39, 0.29) is 5.91 Å². The third kappa shape index (κ3) is 6.78. The van der Waals surface area contributed by atoms with E-state index in [1.54, 1.807) is 6.08 Å². The predicted molar refractivity (Wildman–Crippen MR) is 100 cm³/mol. The van der Waals surface area contributed by atoms with Crippen LogP contribution in [-0.2, 0) is 4.79 Å². The van der Waals surface area contributed by atoms with Crippen LogP contribution in [0.4, 0.5) is 0 Å². The van der Waals surface area contributed by atoms with Gasteiger partial charge in [0.15, 0.2) is 5.11 Å². The molecule has 0 unspecified atom stereocenters. The van der Waals surface area contributed by atoms with Gasteiger partial charge in [-0.2, -0.15) is 0 Å².